The van der Waals surface area contributed by atoms with Gasteiger partial charge in [0.05, 0.1) is 11.3 Å². The fourth-order valence-electron chi connectivity index (χ4n) is 1.42. The summed E-state index contributed by atoms with van der Waals surface area (Å²) < 4.78 is 0. The lowest BCUT2D eigenvalue weighted by Gasteiger charge is -2.07. The number of rotatable bonds is 2. The molecule has 0 spiro atoms. The maximum atomic E-state index is 8.98. The number of hydrogen-bond acceptors (Lipinski definition) is 4. The molecule has 0 radical (unpaired) electrons. The molecule has 0 atom stereocenters. The highest BCUT2D eigenvalue weighted by Crippen LogP contribution is 2.23. The molecule has 1 heterocycles. The van der Waals surface area contributed by atoms with Gasteiger partial charge in [-0.05, 0) is 30.3 Å². The van der Waals surface area contributed by atoms with Crippen molar-refractivity contribution in [1.82, 2.24) is 4.98 Å². The smallest absolute Gasteiger partial charge is 0.142 e. The summed E-state index contributed by atoms with van der Waals surface area (Å²) in [4.78, 5) is 4.07. The van der Waals surface area contributed by atoms with E-state index in [0.29, 0.717) is 27.8 Å². The van der Waals surface area contributed by atoms with E-state index in [4.69, 9.17) is 22.1 Å². The molecule has 2 aromatic rings. The Hall–Kier alpha value is -2.56. The van der Waals surface area contributed by atoms with Crippen molar-refractivity contribution in [3.63, 3.8) is 0 Å². The molecule has 0 fully saturated rings. The number of benzene rings is 1. The molecule has 0 saturated carbocycles. The number of hydrogen-bond donors (Lipinski definition) is 1. The Morgan fingerprint density at radius 3 is 2.67 bits per heavy atom. The summed E-state index contributed by atoms with van der Waals surface area (Å²) in [5.74, 6) is 0.493. The van der Waals surface area contributed by atoms with E-state index in [1.807, 2.05) is 6.07 Å². The first-order valence-electron chi connectivity index (χ1n) is 5.07. The van der Waals surface area contributed by atoms with E-state index in [0.717, 1.165) is 0 Å². The monoisotopic (exact) mass is 254 g/mol. The molecular formula is C13H7ClN4. The van der Waals surface area contributed by atoms with E-state index >= 15 is 0 Å². The van der Waals surface area contributed by atoms with Crippen LogP contribution in [-0.4, -0.2) is 4.98 Å². The summed E-state index contributed by atoms with van der Waals surface area (Å²) >= 11 is 5.88. The van der Waals surface area contributed by atoms with Crippen molar-refractivity contribution < 1.29 is 0 Å². The summed E-state index contributed by atoms with van der Waals surface area (Å²) in [6.45, 7) is 0. The van der Waals surface area contributed by atoms with Crippen molar-refractivity contribution in [2.75, 3.05) is 5.32 Å². The molecule has 0 aliphatic heterocycles. The molecule has 86 valence electrons. The number of pyridine rings is 1. The van der Waals surface area contributed by atoms with Gasteiger partial charge in [-0.15, -0.1) is 0 Å². The van der Waals surface area contributed by atoms with Gasteiger partial charge >= 0.3 is 0 Å². The molecule has 0 unspecified atom stereocenters. The van der Waals surface area contributed by atoms with E-state index in [-0.39, 0.29) is 0 Å². The minimum absolute atomic E-state index is 0.306. The minimum Gasteiger partial charge on any atom is -0.339 e. The third kappa shape index (κ3) is 2.57. The zero-order chi connectivity index (χ0) is 13.0. The first kappa shape index (κ1) is 11.9. The third-order valence-electron chi connectivity index (χ3n) is 2.23. The van der Waals surface area contributed by atoms with E-state index in [2.05, 4.69) is 16.4 Å². The van der Waals surface area contributed by atoms with Crippen LogP contribution in [0, 0.1) is 22.7 Å². The second kappa shape index (κ2) is 5.18. The highest BCUT2D eigenvalue weighted by atomic mass is 35.5. The van der Waals surface area contributed by atoms with Crippen molar-refractivity contribution in [1.29, 1.82) is 10.5 Å². The molecular weight excluding hydrogens is 248 g/mol. The van der Waals surface area contributed by atoms with Crippen LogP contribution >= 0.6 is 11.6 Å². The van der Waals surface area contributed by atoms with Gasteiger partial charge in [-0.2, -0.15) is 10.5 Å². The first-order valence-corrected chi connectivity index (χ1v) is 5.44. The highest BCUT2D eigenvalue weighted by molar-refractivity contribution is 6.30. The summed E-state index contributed by atoms with van der Waals surface area (Å²) in [7, 11) is 0. The van der Waals surface area contributed by atoms with Crippen LogP contribution in [-0.2, 0) is 0 Å². The second-order valence-electron chi connectivity index (χ2n) is 3.45. The van der Waals surface area contributed by atoms with Crippen LogP contribution in [0.25, 0.3) is 0 Å². The minimum atomic E-state index is 0.306. The predicted molar refractivity (Wildman–Crippen MR) is 68.4 cm³/mol. The van der Waals surface area contributed by atoms with E-state index in [1.165, 1.54) is 0 Å². The van der Waals surface area contributed by atoms with Crippen LogP contribution in [0.5, 0.6) is 0 Å². The normalized spacial score (nSPS) is 9.28. The fourth-order valence-corrected chi connectivity index (χ4v) is 1.59. The number of anilines is 2. The molecule has 1 aromatic carbocycles. The van der Waals surface area contributed by atoms with Crippen molar-refractivity contribution in [2.24, 2.45) is 0 Å². The van der Waals surface area contributed by atoms with Gasteiger partial charge < -0.3 is 5.32 Å². The lowest BCUT2D eigenvalue weighted by atomic mass is 10.2. The summed E-state index contributed by atoms with van der Waals surface area (Å²) in [6.07, 6.45) is 0. The van der Waals surface area contributed by atoms with Gasteiger partial charge in [0, 0.05) is 5.02 Å². The number of nitrogens with one attached hydrogen (secondary N) is 1. The van der Waals surface area contributed by atoms with Gasteiger partial charge in [0.1, 0.15) is 23.7 Å². The van der Waals surface area contributed by atoms with Crippen LogP contribution in [0.15, 0.2) is 36.4 Å². The Labute approximate surface area is 109 Å². The number of nitrogens with zero attached hydrogens (tertiary/aromatic N) is 3. The highest BCUT2D eigenvalue weighted by Gasteiger charge is 2.04. The van der Waals surface area contributed by atoms with Gasteiger partial charge in [-0.25, -0.2) is 4.98 Å². The van der Waals surface area contributed by atoms with E-state index in [1.54, 1.807) is 36.4 Å². The van der Waals surface area contributed by atoms with Crippen LogP contribution < -0.4 is 5.32 Å². The molecule has 18 heavy (non-hydrogen) atoms. The molecule has 5 heteroatoms. The quantitative estimate of drug-likeness (QED) is 0.893. The van der Waals surface area contributed by atoms with Crippen LogP contribution in [0.2, 0.25) is 5.02 Å². The molecule has 1 aromatic heterocycles. The zero-order valence-corrected chi connectivity index (χ0v) is 9.94. The van der Waals surface area contributed by atoms with Crippen molar-refractivity contribution in [3.05, 3.63) is 52.7 Å². The number of aromatic nitrogens is 1. The molecule has 1 N–H and O–H groups in total. The van der Waals surface area contributed by atoms with E-state index in [9.17, 15) is 0 Å². The first-order chi connectivity index (χ1) is 8.72. The molecule has 0 aliphatic rings. The van der Waals surface area contributed by atoms with Gasteiger partial charge in [0.2, 0.25) is 0 Å². The van der Waals surface area contributed by atoms with Crippen LogP contribution in [0.4, 0.5) is 11.5 Å². The third-order valence-corrected chi connectivity index (χ3v) is 2.46. The zero-order valence-electron chi connectivity index (χ0n) is 9.18. The number of nitriles is 2. The predicted octanol–water partition coefficient (Wildman–Crippen LogP) is 3.22. The van der Waals surface area contributed by atoms with Gasteiger partial charge in [-0.1, -0.05) is 17.7 Å². The van der Waals surface area contributed by atoms with Crippen LogP contribution in [0.3, 0.4) is 0 Å². The Kier molecular flexibility index (Phi) is 3.43. The number of halogens is 1. The second-order valence-corrected chi connectivity index (χ2v) is 3.88. The molecule has 0 amide bonds. The summed E-state index contributed by atoms with van der Waals surface area (Å²) in [5, 5.41) is 21.2. The average Bonchev–Trinajstić information content (AvgIpc) is 2.39. The average molecular weight is 255 g/mol. The van der Waals surface area contributed by atoms with Gasteiger partial charge in [-0.3, -0.25) is 0 Å². The molecule has 4 nitrogen and oxygen atoms in total. The summed E-state index contributed by atoms with van der Waals surface area (Å²) in [6, 6.07) is 13.9. The molecule has 2 rings (SSSR count). The van der Waals surface area contributed by atoms with Crippen LogP contribution in [0.1, 0.15) is 11.3 Å². The topological polar surface area (TPSA) is 72.5 Å². The lowest BCUT2D eigenvalue weighted by Crippen LogP contribution is -1.97. The Bertz CT molecular complexity index is 667. The summed E-state index contributed by atoms with van der Waals surface area (Å²) in [5.41, 5.74) is 1.33. The Morgan fingerprint density at radius 2 is 1.94 bits per heavy atom. The van der Waals surface area contributed by atoms with Crippen molar-refractivity contribution in [2.45, 2.75) is 0 Å². The maximum absolute atomic E-state index is 8.98. The SMILES string of the molecule is N#Cc1cccc(Nc2cc(Cl)ccc2C#N)n1. The largest absolute Gasteiger partial charge is 0.339 e. The lowest BCUT2D eigenvalue weighted by molar-refractivity contribution is 1.25. The van der Waals surface area contributed by atoms with E-state index < -0.39 is 0 Å². The fraction of sp³-hybridized carbons (Fsp3) is 0. The molecule has 0 saturated heterocycles. The Morgan fingerprint density at radius 1 is 1.11 bits per heavy atom. The molecule has 0 aliphatic carbocycles. The standard InChI is InChI=1S/C13H7ClN4/c14-10-5-4-9(7-15)12(6-10)18-13-3-1-2-11(8-16)17-13/h1-6H,(H,17,18). The van der Waals surface area contributed by atoms with Gasteiger partial charge in [0.25, 0.3) is 0 Å². The maximum Gasteiger partial charge on any atom is 0.142 e. The van der Waals surface area contributed by atoms with Gasteiger partial charge in [0.15, 0.2) is 0 Å². The van der Waals surface area contributed by atoms with Crippen molar-refractivity contribution >= 4 is 23.1 Å². The van der Waals surface area contributed by atoms with Crippen molar-refractivity contribution in [3.8, 4) is 12.1 Å². The molecule has 0 bridgehead atoms. The Balaban J connectivity index is 2.37.